The summed E-state index contributed by atoms with van der Waals surface area (Å²) in [5, 5.41) is 3.11. The molecule has 0 aromatic carbocycles. The normalized spacial score (nSPS) is 31.6. The Morgan fingerprint density at radius 2 is 0.529 bits per heavy atom. The lowest BCUT2D eigenvalue weighted by Gasteiger charge is -3.09. The number of halogens is 1. The molecule has 3 aliphatic rings. The first-order chi connectivity index (χ1) is 14.2. The van der Waals surface area contributed by atoms with E-state index in [4.69, 9.17) is 0 Å². The quantitative estimate of drug-likeness (QED) is 0.147. The Kier molecular flexibility index (Phi) is 7.02. The highest BCUT2D eigenvalue weighted by Crippen LogP contribution is 2.96. The zero-order valence-corrected chi connectivity index (χ0v) is 35.5. The predicted octanol–water partition coefficient (Wildman–Crippen LogP) is 10.9. The average Bonchev–Trinajstić information content (AvgIpc) is 2.32. The molecular weight excluding hydrogens is 620 g/mol. The predicted molar refractivity (Wildman–Crippen MR) is 184 cm³/mol. The first kappa shape index (κ1) is 32.2. The van der Waals surface area contributed by atoms with Gasteiger partial charge in [0.2, 0.25) is 0 Å². The van der Waals surface area contributed by atoms with Crippen molar-refractivity contribution in [2.45, 2.75) is 174 Å². The van der Waals surface area contributed by atoms with Crippen LogP contribution in [0, 0.1) is 0 Å². The molecule has 0 atom stereocenters. The van der Waals surface area contributed by atoms with E-state index in [9.17, 15) is 0 Å². The second-order valence-electron chi connectivity index (χ2n) is 19.4. The zero-order valence-electron chi connectivity index (χ0n) is 27.4. The van der Waals surface area contributed by atoms with Gasteiger partial charge in [-0.1, -0.05) is 144 Å². The largest absolute Gasteiger partial charge is 0.130 e. The van der Waals surface area contributed by atoms with Crippen molar-refractivity contribution in [3.05, 3.63) is 0 Å². The van der Waals surface area contributed by atoms with E-state index >= 15 is 0 Å². The van der Waals surface area contributed by atoms with Crippen molar-refractivity contribution in [1.29, 1.82) is 0 Å². The van der Waals surface area contributed by atoms with Crippen molar-refractivity contribution in [3.8, 4) is 0 Å². The molecule has 202 valence electrons. The first-order valence-corrected chi connectivity index (χ1v) is 37.6. The lowest BCUT2D eigenvalue weighted by atomic mass is 10.2. The minimum Gasteiger partial charge on any atom is -0.130 e. The third-order valence-electron chi connectivity index (χ3n) is 11.1. The highest BCUT2D eigenvalue weighted by atomic mass is 127. The molecule has 3 aliphatic heterocycles. The Balaban J connectivity index is 3.55. The lowest BCUT2D eigenvalue weighted by Crippen LogP contribution is -3.38. The molecule has 0 aromatic rings. The molecule has 0 aromatic heterocycles. The molecule has 0 spiro atoms. The molecule has 0 radical (unpaired) electrons. The van der Waals surface area contributed by atoms with Crippen LogP contribution in [0.5, 0.6) is 0 Å². The van der Waals surface area contributed by atoms with Crippen LogP contribution in [-0.2, 0) is 0 Å². The number of hydrogen-bond donors (Lipinski definition) is 0. The van der Waals surface area contributed by atoms with Gasteiger partial charge in [0.05, 0.1) is 25.4 Å². The summed E-state index contributed by atoms with van der Waals surface area (Å²) in [5.74, 6) is 0. The van der Waals surface area contributed by atoms with E-state index in [0.29, 0.717) is 30.2 Å². The highest BCUT2D eigenvalue weighted by Gasteiger charge is 3.17. The molecule has 3 fully saturated rings. The molecule has 2 bridgehead atoms. The van der Waals surface area contributed by atoms with Crippen molar-refractivity contribution in [2.24, 2.45) is 0 Å². The van der Waals surface area contributed by atoms with Crippen LogP contribution >= 0.6 is 21.8 Å². The molecule has 3 rings (SSSR count). The van der Waals surface area contributed by atoms with E-state index in [-0.39, 0.29) is 0 Å². The smallest absolute Gasteiger partial charge is 0.0991 e. The minimum atomic E-state index is -1.67. The van der Waals surface area contributed by atoms with E-state index in [1.807, 2.05) is 0 Å². The van der Waals surface area contributed by atoms with Crippen molar-refractivity contribution < 1.29 is 0 Å². The monoisotopic (exact) mass is 682 g/mol. The van der Waals surface area contributed by atoms with Gasteiger partial charge in [-0.25, -0.2) is 0 Å². The summed E-state index contributed by atoms with van der Waals surface area (Å²) in [7, 11) is -6.36. The molecule has 34 heavy (non-hydrogen) atoms. The summed E-state index contributed by atoms with van der Waals surface area (Å²) >= 11 is 3.52. The van der Waals surface area contributed by atoms with Gasteiger partial charge in [0.1, 0.15) is 0 Å². The van der Waals surface area contributed by atoms with Crippen LogP contribution in [0.15, 0.2) is 0 Å². The summed E-state index contributed by atoms with van der Waals surface area (Å²) in [6.45, 7) is 58.8. The van der Waals surface area contributed by atoms with Gasteiger partial charge in [-0.15, -0.1) is 21.8 Å². The van der Waals surface area contributed by atoms with Crippen LogP contribution in [0.4, 0.5) is 0 Å². The van der Waals surface area contributed by atoms with Gasteiger partial charge in [0.15, 0.2) is 0 Å². The van der Waals surface area contributed by atoms with Crippen molar-refractivity contribution in [3.63, 3.8) is 0 Å². The minimum absolute atomic E-state index is 0.519. The first-order valence-electron chi connectivity index (χ1n) is 13.9. The molecule has 0 unspecified atom stereocenters. The molecule has 0 amide bonds. The molecule has 7 heteroatoms. The topological polar surface area (TPSA) is 0 Å². The maximum Gasteiger partial charge on any atom is 0.0991 e. The third-order valence-corrected chi connectivity index (χ3v) is 247. The van der Waals surface area contributed by atoms with E-state index in [1.54, 1.807) is 0 Å². The van der Waals surface area contributed by atoms with Gasteiger partial charge in [-0.2, -0.15) is 0 Å². The van der Waals surface area contributed by atoms with Crippen LogP contribution in [0.25, 0.3) is 0 Å². The van der Waals surface area contributed by atoms with Crippen molar-refractivity contribution >= 4 is 61.0 Å². The molecule has 3 heterocycles. The van der Waals surface area contributed by atoms with Gasteiger partial charge in [0, 0.05) is 13.7 Å². The maximum absolute atomic E-state index is 3.52. The van der Waals surface area contributed by atoms with E-state index in [0.717, 1.165) is 0 Å². The second-order valence-corrected chi connectivity index (χ2v) is 106. The highest BCUT2D eigenvalue weighted by molar-refractivity contribution is 14.1. The Morgan fingerprint density at radius 3 is 0.618 bits per heavy atom. The molecule has 0 saturated carbocycles. The van der Waals surface area contributed by atoms with Crippen LogP contribution in [0.2, 0.25) is 49.9 Å². The van der Waals surface area contributed by atoms with E-state index < -0.39 is 39.2 Å². The fourth-order valence-electron chi connectivity index (χ4n) is 13.8. The Labute approximate surface area is 233 Å². The van der Waals surface area contributed by atoms with Crippen molar-refractivity contribution in [2.75, 3.05) is 0 Å². The maximum atomic E-state index is 3.52. The summed E-state index contributed by atoms with van der Waals surface area (Å²) < 4.78 is -1.66. The number of hydrogen-bond acceptors (Lipinski definition) is 0. The Bertz CT molecular complexity index is 698. The molecule has 0 nitrogen and oxygen atoms in total. The number of rotatable bonds is 1. The fourth-order valence-corrected chi connectivity index (χ4v) is 592. The Morgan fingerprint density at radius 1 is 0.382 bits per heavy atom. The summed E-state index contributed by atoms with van der Waals surface area (Å²) in [4.78, 5) is 0. The lowest BCUT2D eigenvalue weighted by molar-refractivity contribution is 0.608. The van der Waals surface area contributed by atoms with E-state index in [1.165, 1.54) is 0 Å². The summed E-state index contributed by atoms with van der Waals surface area (Å²) in [6, 6.07) is 0. The fraction of sp³-hybridized carbons (Fsp3) is 1.00. The van der Waals surface area contributed by atoms with Gasteiger partial charge in [-0.3, -0.25) is 0 Å². The standard InChI is InChI=1S/C27H63ISi6/c1-22(2,3)30(23(4,5)6)33(28)31(24(7,8)9,25(10,11)12)34(30,29(19,20)21)32(33,26(13,14)15)27(16,17)18/h1-21H3. The molecular formula is C27H63ISi6. The molecule has 3 saturated heterocycles. The average molecular weight is 683 g/mol. The summed E-state index contributed by atoms with van der Waals surface area (Å²) in [6.07, 6.45) is -1.67. The SMILES string of the molecule is CC(C)(C)[Si]1(C(C)(C)C)[Si]2(I)[Si](C(C)(C)C)(C(C)(C)C)[Si]1([Si](C)(C)C)[Si]2(C(C)(C)C)C(C)(C)C. The van der Waals surface area contributed by atoms with Gasteiger partial charge >= 0.3 is 0 Å². The van der Waals surface area contributed by atoms with Gasteiger partial charge in [0.25, 0.3) is 0 Å². The van der Waals surface area contributed by atoms with Crippen LogP contribution in [-0.4, -0.2) is 39.2 Å². The van der Waals surface area contributed by atoms with Gasteiger partial charge < -0.3 is 0 Å². The molecule has 0 N–H and O–H groups in total. The third kappa shape index (κ3) is 2.62. The van der Waals surface area contributed by atoms with Gasteiger partial charge in [-0.05, 0) is 30.2 Å². The molecule has 0 aliphatic carbocycles. The van der Waals surface area contributed by atoms with Crippen LogP contribution in [0.3, 0.4) is 0 Å². The van der Waals surface area contributed by atoms with Crippen LogP contribution < -0.4 is 0 Å². The zero-order chi connectivity index (χ0) is 28.0. The van der Waals surface area contributed by atoms with E-state index in [2.05, 4.69) is 166 Å². The van der Waals surface area contributed by atoms with Crippen LogP contribution in [0.1, 0.15) is 125 Å². The second kappa shape index (κ2) is 7.40. The summed E-state index contributed by atoms with van der Waals surface area (Å²) in [5.41, 5.74) is 0. The van der Waals surface area contributed by atoms with Crippen molar-refractivity contribution in [1.82, 2.24) is 0 Å². The Hall–Kier alpha value is 2.03.